The van der Waals surface area contributed by atoms with E-state index in [2.05, 4.69) is 77.4 Å². The Labute approximate surface area is 178 Å². The maximum absolute atomic E-state index is 5.06. The number of aliphatic imine (C=N–C) groups is 2. The van der Waals surface area contributed by atoms with Crippen LogP contribution in [0.15, 0.2) is 77.2 Å². The summed E-state index contributed by atoms with van der Waals surface area (Å²) in [5.41, 5.74) is 7.98. The number of guanidine groups is 1. The lowest BCUT2D eigenvalue weighted by Crippen LogP contribution is -2.43. The second-order valence-electron chi connectivity index (χ2n) is 7.39. The van der Waals surface area contributed by atoms with Crippen molar-refractivity contribution in [3.63, 3.8) is 0 Å². The number of hydrogen-bond acceptors (Lipinski definition) is 3. The normalized spacial score (nSPS) is 19.2. The summed E-state index contributed by atoms with van der Waals surface area (Å²) in [4.78, 5) is 12.3. The van der Waals surface area contributed by atoms with E-state index in [4.69, 9.17) is 9.98 Å². The van der Waals surface area contributed by atoms with Crippen molar-refractivity contribution < 1.29 is 5.48 Å². The summed E-state index contributed by atoms with van der Waals surface area (Å²) in [7, 11) is 0. The van der Waals surface area contributed by atoms with Crippen molar-refractivity contribution in [3.8, 4) is 0 Å². The van der Waals surface area contributed by atoms with Crippen molar-refractivity contribution in [2.45, 2.75) is 32.4 Å². The Bertz CT molecular complexity index is 909. The van der Waals surface area contributed by atoms with Crippen molar-refractivity contribution in [1.82, 2.24) is 10.4 Å². The fourth-order valence-corrected chi connectivity index (χ4v) is 3.94. The van der Waals surface area contributed by atoms with Crippen LogP contribution < -0.4 is 10.3 Å². The summed E-state index contributed by atoms with van der Waals surface area (Å²) in [6.45, 7) is 8.37. The van der Waals surface area contributed by atoms with Gasteiger partial charge >= 0.3 is 0 Å². The fourth-order valence-electron chi connectivity index (χ4n) is 3.94. The van der Waals surface area contributed by atoms with E-state index >= 15 is 0 Å². The molecule has 0 radical (unpaired) electrons. The number of rotatable bonds is 7. The minimum absolute atomic E-state index is 0. The number of benzene rings is 2. The highest BCUT2D eigenvalue weighted by Crippen LogP contribution is 2.32. The molecule has 2 aromatic rings. The lowest BCUT2D eigenvalue weighted by Gasteiger charge is -2.26. The second-order valence-corrected chi connectivity index (χ2v) is 7.39. The molecule has 1 fully saturated rings. The Morgan fingerprint density at radius 2 is 1.90 bits per heavy atom. The van der Waals surface area contributed by atoms with Crippen molar-refractivity contribution in [1.29, 1.82) is 0 Å². The topological polar surface area (TPSA) is 74.7 Å². The maximum Gasteiger partial charge on any atom is 0.214 e. The van der Waals surface area contributed by atoms with Crippen LogP contribution in [0.5, 0.6) is 0 Å². The molecule has 0 spiro atoms. The lowest BCUT2D eigenvalue weighted by molar-refractivity contribution is 0.226. The van der Waals surface area contributed by atoms with Crippen LogP contribution in [0.2, 0.25) is 0 Å². The van der Waals surface area contributed by atoms with E-state index in [1.807, 2.05) is 12.1 Å². The molecule has 0 bridgehead atoms. The average Bonchev–Trinajstić information content (AvgIpc) is 2.99. The summed E-state index contributed by atoms with van der Waals surface area (Å²) in [5.74, 6) is 0.907. The molecule has 2 heterocycles. The molecule has 158 valence electrons. The van der Waals surface area contributed by atoms with Crippen LogP contribution in [-0.4, -0.2) is 48.0 Å². The van der Waals surface area contributed by atoms with Gasteiger partial charge in [-0.3, -0.25) is 20.3 Å². The van der Waals surface area contributed by atoms with Crippen LogP contribution in [0, 0.1) is 0 Å². The van der Waals surface area contributed by atoms with Crippen LogP contribution in [0.25, 0.3) is 0 Å². The Balaban J connectivity index is 0.00000256. The minimum atomic E-state index is 0. The van der Waals surface area contributed by atoms with Crippen LogP contribution in [-0.2, 0) is 0 Å². The number of hydrogen-bond donors (Lipinski definition) is 1. The number of hydrazine groups is 1. The molecule has 1 atom stereocenters. The van der Waals surface area contributed by atoms with Crippen molar-refractivity contribution >= 4 is 17.4 Å². The molecule has 30 heavy (non-hydrogen) atoms. The first-order valence-corrected chi connectivity index (χ1v) is 10.5. The zero-order valence-corrected chi connectivity index (χ0v) is 17.6. The van der Waals surface area contributed by atoms with Crippen molar-refractivity contribution in [2.75, 3.05) is 24.5 Å². The zero-order valence-electron chi connectivity index (χ0n) is 17.6. The fraction of sp³-hybridized carbons (Fsp3) is 0.333. The second kappa shape index (κ2) is 10.2. The zero-order chi connectivity index (χ0) is 20.1. The first kappa shape index (κ1) is 21.7. The number of fused-ring (bicyclic) bond motifs is 3. The van der Waals surface area contributed by atoms with Gasteiger partial charge in [-0.1, -0.05) is 74.4 Å². The Kier molecular flexibility index (Phi) is 7.38. The van der Waals surface area contributed by atoms with E-state index in [0.29, 0.717) is 6.54 Å². The summed E-state index contributed by atoms with van der Waals surface area (Å²) in [6, 6.07) is 19.0. The lowest BCUT2D eigenvalue weighted by atomic mass is 10.0. The third-order valence-corrected chi connectivity index (χ3v) is 5.36. The van der Waals surface area contributed by atoms with E-state index in [0.717, 1.165) is 48.0 Å². The SMILES string of the molecule is C=CCN1NC(=NCCCCC)N2c3ccccc3C(c3ccccc3)=NCC12.O. The average molecular weight is 406 g/mol. The van der Waals surface area contributed by atoms with Gasteiger partial charge < -0.3 is 5.48 Å². The highest BCUT2D eigenvalue weighted by molar-refractivity contribution is 6.18. The van der Waals surface area contributed by atoms with Crippen LogP contribution >= 0.6 is 0 Å². The van der Waals surface area contributed by atoms with Gasteiger partial charge in [0.25, 0.3) is 0 Å². The van der Waals surface area contributed by atoms with Gasteiger partial charge in [0, 0.05) is 24.2 Å². The van der Waals surface area contributed by atoms with Gasteiger partial charge in [0.1, 0.15) is 6.17 Å². The minimum Gasteiger partial charge on any atom is -0.412 e. The monoisotopic (exact) mass is 405 g/mol. The molecular formula is C24H31N5O. The predicted octanol–water partition coefficient (Wildman–Crippen LogP) is 3.40. The van der Waals surface area contributed by atoms with Crippen molar-refractivity contribution in [3.05, 3.63) is 78.4 Å². The van der Waals surface area contributed by atoms with Gasteiger partial charge in [0.15, 0.2) is 0 Å². The van der Waals surface area contributed by atoms with E-state index in [1.54, 1.807) is 0 Å². The molecule has 0 saturated carbocycles. The van der Waals surface area contributed by atoms with Crippen LogP contribution in [0.1, 0.15) is 37.3 Å². The summed E-state index contributed by atoms with van der Waals surface area (Å²) in [6.07, 6.45) is 5.50. The molecule has 0 amide bonds. The number of unbranched alkanes of at least 4 members (excludes halogenated alkanes) is 2. The molecule has 0 aromatic heterocycles. The highest BCUT2D eigenvalue weighted by atomic mass is 16.0. The molecule has 2 aliphatic rings. The first-order chi connectivity index (χ1) is 14.3. The third kappa shape index (κ3) is 4.30. The molecule has 2 aliphatic heterocycles. The summed E-state index contributed by atoms with van der Waals surface area (Å²) >= 11 is 0. The van der Waals surface area contributed by atoms with Gasteiger partial charge in [-0.2, -0.15) is 5.01 Å². The van der Waals surface area contributed by atoms with Crippen molar-refractivity contribution in [2.24, 2.45) is 9.98 Å². The Morgan fingerprint density at radius 1 is 1.13 bits per heavy atom. The number of anilines is 1. The summed E-state index contributed by atoms with van der Waals surface area (Å²) < 4.78 is 0. The van der Waals surface area contributed by atoms with E-state index < -0.39 is 0 Å². The van der Waals surface area contributed by atoms with Gasteiger partial charge in [-0.25, -0.2) is 0 Å². The molecule has 6 nitrogen and oxygen atoms in total. The molecule has 2 aromatic carbocycles. The van der Waals surface area contributed by atoms with E-state index in [1.165, 1.54) is 12.8 Å². The van der Waals surface area contributed by atoms with Gasteiger partial charge in [-0.15, -0.1) is 6.58 Å². The highest BCUT2D eigenvalue weighted by Gasteiger charge is 2.39. The van der Waals surface area contributed by atoms with E-state index in [-0.39, 0.29) is 11.6 Å². The largest absolute Gasteiger partial charge is 0.412 e. The van der Waals surface area contributed by atoms with Gasteiger partial charge in [0.05, 0.1) is 17.9 Å². The molecule has 6 heteroatoms. The molecule has 0 aliphatic carbocycles. The molecule has 1 unspecified atom stereocenters. The van der Waals surface area contributed by atoms with E-state index in [9.17, 15) is 0 Å². The predicted molar refractivity (Wildman–Crippen MR) is 125 cm³/mol. The standard InChI is InChI=1S/C24H29N5.H2O/c1-3-5-11-16-25-24-27-28(17-4-2)22-18-26-23(19-12-7-6-8-13-19)20-14-9-10-15-21(20)29(22)24;/h4,6-10,12-15,22H,2-3,5,11,16-18H2,1H3,(H,25,27);1H2. The molecule has 1 saturated heterocycles. The Hall–Kier alpha value is -2.96. The molecular weight excluding hydrogens is 374 g/mol. The van der Waals surface area contributed by atoms with Crippen LogP contribution in [0.3, 0.4) is 0 Å². The van der Waals surface area contributed by atoms with Gasteiger partial charge in [-0.05, 0) is 12.5 Å². The molecule has 4 rings (SSSR count). The molecule has 3 N–H and O–H groups in total. The first-order valence-electron chi connectivity index (χ1n) is 10.5. The van der Waals surface area contributed by atoms with Crippen LogP contribution in [0.4, 0.5) is 5.69 Å². The quantitative estimate of drug-likeness (QED) is 0.567. The Morgan fingerprint density at radius 3 is 2.67 bits per heavy atom. The van der Waals surface area contributed by atoms with Gasteiger partial charge in [0.2, 0.25) is 5.96 Å². The number of nitrogens with zero attached hydrogens (tertiary/aromatic N) is 4. The summed E-state index contributed by atoms with van der Waals surface area (Å²) in [5, 5.41) is 2.18. The number of para-hydroxylation sites is 1. The number of nitrogens with one attached hydrogen (secondary N) is 1. The third-order valence-electron chi connectivity index (χ3n) is 5.36. The maximum atomic E-state index is 5.06. The smallest absolute Gasteiger partial charge is 0.214 e.